The molecule has 0 saturated heterocycles. The van der Waals surface area contributed by atoms with Gasteiger partial charge in [0.05, 0.1) is 6.54 Å². The van der Waals surface area contributed by atoms with Gasteiger partial charge in [-0.25, -0.2) is 4.39 Å². The summed E-state index contributed by atoms with van der Waals surface area (Å²) in [7, 11) is 1.74. The summed E-state index contributed by atoms with van der Waals surface area (Å²) in [6.45, 7) is 0.623. The molecule has 3 N–H and O–H groups in total. The fourth-order valence-electron chi connectivity index (χ4n) is 1.30. The number of rotatable bonds is 4. The van der Waals surface area contributed by atoms with Crippen molar-refractivity contribution in [1.29, 1.82) is 0 Å². The summed E-state index contributed by atoms with van der Waals surface area (Å²) in [5.41, 5.74) is 5.84. The average molecular weight is 246 g/mol. The maximum Gasteiger partial charge on any atom is 0.153 e. The lowest BCUT2D eigenvalue weighted by atomic mass is 10.2. The van der Waals surface area contributed by atoms with Gasteiger partial charge >= 0.3 is 0 Å². The molecule has 0 heterocycles. The van der Waals surface area contributed by atoms with Crippen LogP contribution >= 0.6 is 11.6 Å². The van der Waals surface area contributed by atoms with Crippen molar-refractivity contribution in [2.24, 2.45) is 10.9 Å². The topological polar surface area (TPSA) is 61.8 Å². The Morgan fingerprint density at radius 3 is 2.88 bits per heavy atom. The third kappa shape index (κ3) is 3.67. The third-order valence-corrected chi connectivity index (χ3v) is 2.25. The fraction of sp³-hybridized carbons (Fsp3) is 0.300. The van der Waals surface area contributed by atoms with Crippen LogP contribution in [0.2, 0.25) is 5.02 Å². The first-order chi connectivity index (χ1) is 7.52. The Morgan fingerprint density at radius 2 is 2.31 bits per heavy atom. The van der Waals surface area contributed by atoms with Gasteiger partial charge in [-0.05, 0) is 19.2 Å². The van der Waals surface area contributed by atoms with Crippen LogP contribution in [0.5, 0.6) is 0 Å². The molecule has 0 atom stereocenters. The minimum atomic E-state index is -0.362. The number of likely N-dealkylation sites (N-methyl/N-ethyl adjacent to an activating group) is 1. The van der Waals surface area contributed by atoms with Crippen LogP contribution in [0, 0.1) is 5.82 Å². The van der Waals surface area contributed by atoms with Gasteiger partial charge in [0.15, 0.2) is 5.84 Å². The summed E-state index contributed by atoms with van der Waals surface area (Å²) in [5.74, 6) is -0.282. The van der Waals surface area contributed by atoms with Gasteiger partial charge in [0.25, 0.3) is 0 Å². The van der Waals surface area contributed by atoms with Crippen LogP contribution in [0.4, 0.5) is 4.39 Å². The highest BCUT2D eigenvalue weighted by Gasteiger charge is 2.07. The molecule has 0 unspecified atom stereocenters. The molecule has 4 nitrogen and oxygen atoms in total. The molecule has 88 valence electrons. The van der Waals surface area contributed by atoms with Crippen molar-refractivity contribution in [3.8, 4) is 0 Å². The Balaban J connectivity index is 2.66. The third-order valence-electron chi connectivity index (χ3n) is 2.02. The summed E-state index contributed by atoms with van der Waals surface area (Å²) in [4.78, 5) is 1.72. The van der Waals surface area contributed by atoms with Crippen molar-refractivity contribution in [1.82, 2.24) is 4.90 Å². The first-order valence-electron chi connectivity index (χ1n) is 4.62. The Labute approximate surface area is 98.1 Å². The highest BCUT2D eigenvalue weighted by Crippen LogP contribution is 2.15. The maximum atomic E-state index is 13.4. The summed E-state index contributed by atoms with van der Waals surface area (Å²) in [6, 6.07) is 4.49. The molecule has 16 heavy (non-hydrogen) atoms. The molecule has 0 aromatic heterocycles. The second kappa shape index (κ2) is 5.67. The van der Waals surface area contributed by atoms with E-state index in [1.807, 2.05) is 0 Å². The molecular weight excluding hydrogens is 233 g/mol. The van der Waals surface area contributed by atoms with Crippen LogP contribution in [-0.2, 0) is 6.54 Å². The number of nitrogens with zero attached hydrogens (tertiary/aromatic N) is 2. The molecule has 0 radical (unpaired) electrons. The number of nitrogens with two attached hydrogens (primary N) is 1. The van der Waals surface area contributed by atoms with Crippen molar-refractivity contribution in [2.75, 3.05) is 13.6 Å². The molecule has 0 bridgehead atoms. The highest BCUT2D eigenvalue weighted by molar-refractivity contribution is 6.30. The van der Waals surface area contributed by atoms with E-state index in [1.165, 1.54) is 6.07 Å². The quantitative estimate of drug-likeness (QED) is 0.367. The van der Waals surface area contributed by atoms with E-state index in [9.17, 15) is 4.39 Å². The first-order valence-corrected chi connectivity index (χ1v) is 4.99. The summed E-state index contributed by atoms with van der Waals surface area (Å²) in [6.07, 6.45) is 0. The molecule has 0 spiro atoms. The maximum absolute atomic E-state index is 13.4. The van der Waals surface area contributed by atoms with E-state index in [0.29, 0.717) is 17.1 Å². The molecule has 1 aromatic carbocycles. The van der Waals surface area contributed by atoms with Crippen LogP contribution in [0.25, 0.3) is 0 Å². The molecule has 1 rings (SSSR count). The second-order valence-corrected chi connectivity index (χ2v) is 3.94. The van der Waals surface area contributed by atoms with Gasteiger partial charge in [-0.15, -0.1) is 0 Å². The van der Waals surface area contributed by atoms with Gasteiger partial charge in [0, 0.05) is 17.1 Å². The molecule has 1 aromatic rings. The smallest absolute Gasteiger partial charge is 0.153 e. The number of hydrogen-bond donors (Lipinski definition) is 2. The van der Waals surface area contributed by atoms with Gasteiger partial charge in [-0.2, -0.15) is 0 Å². The molecule has 6 heteroatoms. The van der Waals surface area contributed by atoms with Crippen LogP contribution < -0.4 is 5.73 Å². The lowest BCUT2D eigenvalue weighted by Crippen LogP contribution is -2.30. The van der Waals surface area contributed by atoms with Crippen molar-refractivity contribution < 1.29 is 9.60 Å². The minimum absolute atomic E-state index is 0.0804. The largest absolute Gasteiger partial charge is 0.409 e. The Hall–Kier alpha value is -1.33. The predicted molar refractivity (Wildman–Crippen MR) is 61.2 cm³/mol. The zero-order valence-electron chi connectivity index (χ0n) is 8.82. The van der Waals surface area contributed by atoms with E-state index >= 15 is 0 Å². The standard InChI is InChI=1S/C10H13ClFN3O/c1-15(6-10(13)14-16)5-7-2-3-8(11)4-9(7)12/h2-4,16H,5-6H2,1H3,(H2,13,14). The van der Waals surface area contributed by atoms with E-state index in [0.717, 1.165) is 0 Å². The van der Waals surface area contributed by atoms with Crippen LogP contribution in [-0.4, -0.2) is 29.5 Å². The number of benzene rings is 1. The molecular formula is C10H13ClFN3O. The SMILES string of the molecule is CN(C/C(N)=N/O)Cc1ccc(Cl)cc1F. The number of hydrogen-bond acceptors (Lipinski definition) is 3. The van der Waals surface area contributed by atoms with E-state index < -0.39 is 0 Å². The molecule has 0 aliphatic carbocycles. The van der Waals surface area contributed by atoms with Gasteiger partial charge in [0.1, 0.15) is 5.82 Å². The van der Waals surface area contributed by atoms with Crippen molar-refractivity contribution >= 4 is 17.4 Å². The molecule has 0 aliphatic rings. The minimum Gasteiger partial charge on any atom is -0.409 e. The van der Waals surface area contributed by atoms with Gasteiger partial charge in [-0.1, -0.05) is 22.8 Å². The fourth-order valence-corrected chi connectivity index (χ4v) is 1.46. The lowest BCUT2D eigenvalue weighted by Gasteiger charge is -2.15. The van der Waals surface area contributed by atoms with Gasteiger partial charge in [0.2, 0.25) is 0 Å². The second-order valence-electron chi connectivity index (χ2n) is 3.50. The molecule has 0 aliphatic heterocycles. The van der Waals surface area contributed by atoms with Crippen molar-refractivity contribution in [2.45, 2.75) is 6.54 Å². The average Bonchev–Trinajstić information content (AvgIpc) is 2.22. The highest BCUT2D eigenvalue weighted by atomic mass is 35.5. The van der Waals surface area contributed by atoms with E-state index in [4.69, 9.17) is 22.5 Å². The van der Waals surface area contributed by atoms with Crippen LogP contribution in [0.3, 0.4) is 0 Å². The van der Waals surface area contributed by atoms with E-state index in [-0.39, 0.29) is 18.2 Å². The predicted octanol–water partition coefficient (Wildman–Crippen LogP) is 1.66. The normalized spacial score (nSPS) is 12.1. The molecule has 0 amide bonds. The molecule has 0 saturated carbocycles. The zero-order valence-corrected chi connectivity index (χ0v) is 9.58. The van der Waals surface area contributed by atoms with Crippen LogP contribution in [0.15, 0.2) is 23.4 Å². The van der Waals surface area contributed by atoms with Crippen LogP contribution in [0.1, 0.15) is 5.56 Å². The van der Waals surface area contributed by atoms with E-state index in [2.05, 4.69) is 5.16 Å². The Bertz CT molecular complexity index is 398. The first kappa shape index (κ1) is 12.7. The summed E-state index contributed by atoms with van der Waals surface area (Å²) >= 11 is 5.63. The summed E-state index contributed by atoms with van der Waals surface area (Å²) < 4.78 is 13.4. The number of halogens is 2. The summed E-state index contributed by atoms with van der Waals surface area (Å²) in [5, 5.41) is 11.6. The zero-order chi connectivity index (χ0) is 12.1. The number of oxime groups is 1. The van der Waals surface area contributed by atoms with Crippen molar-refractivity contribution in [3.05, 3.63) is 34.6 Å². The van der Waals surface area contributed by atoms with Gasteiger partial charge < -0.3 is 10.9 Å². The number of amidine groups is 1. The molecule has 0 fully saturated rings. The van der Waals surface area contributed by atoms with Crippen molar-refractivity contribution in [3.63, 3.8) is 0 Å². The Morgan fingerprint density at radius 1 is 1.62 bits per heavy atom. The lowest BCUT2D eigenvalue weighted by molar-refractivity contribution is 0.307. The van der Waals surface area contributed by atoms with Gasteiger partial charge in [-0.3, -0.25) is 4.90 Å². The monoisotopic (exact) mass is 245 g/mol. The Kier molecular flexibility index (Phi) is 4.52. The van der Waals surface area contributed by atoms with E-state index in [1.54, 1.807) is 24.1 Å².